The van der Waals surface area contributed by atoms with Crippen molar-refractivity contribution in [1.29, 1.82) is 0 Å². The summed E-state index contributed by atoms with van der Waals surface area (Å²) in [6, 6.07) is -0.197. The summed E-state index contributed by atoms with van der Waals surface area (Å²) in [5.74, 6) is 0. The molecule has 0 N–H and O–H groups in total. The maximum atomic E-state index is 11.9. The second-order valence-electron chi connectivity index (χ2n) is 3.78. The maximum absolute atomic E-state index is 11.9. The van der Waals surface area contributed by atoms with Crippen molar-refractivity contribution < 1.29 is 9.59 Å². The van der Waals surface area contributed by atoms with Crippen molar-refractivity contribution in [2.45, 2.75) is 27.7 Å². The molecule has 0 unspecified atom stereocenters. The molecule has 0 aromatic heterocycles. The van der Waals surface area contributed by atoms with Crippen LogP contribution in [-0.2, 0) is 4.79 Å². The molecule has 100 valence electrons. The highest BCUT2D eigenvalue weighted by Crippen LogP contribution is 1.98. The van der Waals surface area contributed by atoms with E-state index in [-0.39, 0.29) is 6.03 Å². The second kappa shape index (κ2) is 8.98. The number of amides is 3. The standard InChI is InChI=1S/C12H25N3O2/c1-5-13(6-2)9-10-15(11-16)12(17)14(7-3)8-4/h11H,5-10H2,1-4H3. The predicted molar refractivity (Wildman–Crippen MR) is 68.9 cm³/mol. The molecule has 0 bridgehead atoms. The van der Waals surface area contributed by atoms with Gasteiger partial charge in [-0.1, -0.05) is 13.8 Å². The zero-order chi connectivity index (χ0) is 13.3. The van der Waals surface area contributed by atoms with Crippen LogP contribution >= 0.6 is 0 Å². The van der Waals surface area contributed by atoms with Crippen molar-refractivity contribution in [3.05, 3.63) is 0 Å². The summed E-state index contributed by atoms with van der Waals surface area (Å²) in [5, 5.41) is 0. The highest BCUT2D eigenvalue weighted by atomic mass is 16.2. The van der Waals surface area contributed by atoms with E-state index in [1.165, 1.54) is 4.90 Å². The smallest absolute Gasteiger partial charge is 0.325 e. The van der Waals surface area contributed by atoms with Gasteiger partial charge in [0.05, 0.1) is 0 Å². The molecule has 0 aliphatic heterocycles. The lowest BCUT2D eigenvalue weighted by atomic mass is 10.4. The van der Waals surface area contributed by atoms with Crippen LogP contribution in [0.5, 0.6) is 0 Å². The molecule has 17 heavy (non-hydrogen) atoms. The Morgan fingerprint density at radius 2 is 1.47 bits per heavy atom. The van der Waals surface area contributed by atoms with Crippen LogP contribution in [0.15, 0.2) is 0 Å². The third-order valence-corrected chi connectivity index (χ3v) is 2.96. The van der Waals surface area contributed by atoms with Crippen LogP contribution in [0.4, 0.5) is 4.79 Å². The fourth-order valence-corrected chi connectivity index (χ4v) is 1.66. The Morgan fingerprint density at radius 3 is 1.82 bits per heavy atom. The summed E-state index contributed by atoms with van der Waals surface area (Å²) < 4.78 is 0. The maximum Gasteiger partial charge on any atom is 0.326 e. The van der Waals surface area contributed by atoms with Crippen LogP contribution in [0, 0.1) is 0 Å². The SMILES string of the molecule is CCN(CC)CCN(C=O)C(=O)N(CC)CC. The van der Waals surface area contributed by atoms with E-state index in [1.807, 2.05) is 13.8 Å². The van der Waals surface area contributed by atoms with Gasteiger partial charge in [0, 0.05) is 26.2 Å². The molecular formula is C12H25N3O2. The first-order valence-electron chi connectivity index (χ1n) is 6.37. The Hall–Kier alpha value is -1.10. The van der Waals surface area contributed by atoms with Gasteiger partial charge in [0.2, 0.25) is 6.41 Å². The van der Waals surface area contributed by atoms with Crippen LogP contribution in [0.2, 0.25) is 0 Å². The summed E-state index contributed by atoms with van der Waals surface area (Å²) in [4.78, 5) is 28.0. The molecule has 0 rings (SSSR count). The van der Waals surface area contributed by atoms with E-state index in [0.717, 1.165) is 19.6 Å². The summed E-state index contributed by atoms with van der Waals surface area (Å²) in [7, 11) is 0. The molecule has 5 nitrogen and oxygen atoms in total. The average molecular weight is 243 g/mol. The number of nitrogens with zero attached hydrogens (tertiary/aromatic N) is 3. The van der Waals surface area contributed by atoms with Crippen molar-refractivity contribution in [2.75, 3.05) is 39.3 Å². The van der Waals surface area contributed by atoms with Gasteiger partial charge in [0.25, 0.3) is 0 Å². The first-order chi connectivity index (χ1) is 8.14. The molecule has 0 saturated heterocycles. The highest BCUT2D eigenvalue weighted by molar-refractivity contribution is 5.84. The van der Waals surface area contributed by atoms with Gasteiger partial charge in [-0.2, -0.15) is 0 Å². The van der Waals surface area contributed by atoms with Gasteiger partial charge in [-0.25, -0.2) is 4.79 Å². The Morgan fingerprint density at radius 1 is 0.941 bits per heavy atom. The van der Waals surface area contributed by atoms with Crippen molar-refractivity contribution in [1.82, 2.24) is 14.7 Å². The summed E-state index contributed by atoms with van der Waals surface area (Å²) in [6.07, 6.45) is 0.629. The van der Waals surface area contributed by atoms with Crippen LogP contribution < -0.4 is 0 Å². The average Bonchev–Trinajstić information content (AvgIpc) is 2.36. The Bertz CT molecular complexity index is 226. The van der Waals surface area contributed by atoms with E-state index in [4.69, 9.17) is 0 Å². The number of urea groups is 1. The minimum atomic E-state index is -0.197. The summed E-state index contributed by atoms with van der Waals surface area (Å²) >= 11 is 0. The molecule has 0 aliphatic carbocycles. The number of hydrogen-bond acceptors (Lipinski definition) is 3. The van der Waals surface area contributed by atoms with Gasteiger partial charge in [-0.15, -0.1) is 0 Å². The lowest BCUT2D eigenvalue weighted by Crippen LogP contribution is -2.45. The number of carbonyl (C=O) groups excluding carboxylic acids is 2. The van der Waals surface area contributed by atoms with Gasteiger partial charge < -0.3 is 9.80 Å². The zero-order valence-corrected chi connectivity index (χ0v) is 11.5. The molecule has 0 aromatic carbocycles. The Labute approximate surface area is 104 Å². The monoisotopic (exact) mass is 243 g/mol. The van der Waals surface area contributed by atoms with Crippen molar-refractivity contribution in [3.8, 4) is 0 Å². The minimum absolute atomic E-state index is 0.197. The fraction of sp³-hybridized carbons (Fsp3) is 0.833. The van der Waals surface area contributed by atoms with Gasteiger partial charge in [-0.3, -0.25) is 9.69 Å². The van der Waals surface area contributed by atoms with E-state index >= 15 is 0 Å². The number of likely N-dealkylation sites (N-methyl/N-ethyl adjacent to an activating group) is 1. The lowest BCUT2D eigenvalue weighted by molar-refractivity contribution is -0.116. The van der Waals surface area contributed by atoms with Gasteiger partial charge in [0.1, 0.15) is 0 Å². The molecule has 5 heteroatoms. The lowest BCUT2D eigenvalue weighted by Gasteiger charge is -2.27. The molecule has 0 radical (unpaired) electrons. The van der Waals surface area contributed by atoms with Crippen molar-refractivity contribution in [3.63, 3.8) is 0 Å². The number of carbonyl (C=O) groups is 2. The first-order valence-corrected chi connectivity index (χ1v) is 6.37. The third-order valence-electron chi connectivity index (χ3n) is 2.96. The van der Waals surface area contributed by atoms with Crippen LogP contribution in [-0.4, -0.2) is 66.4 Å². The van der Waals surface area contributed by atoms with Crippen molar-refractivity contribution >= 4 is 12.4 Å². The van der Waals surface area contributed by atoms with E-state index < -0.39 is 0 Å². The quantitative estimate of drug-likeness (QED) is 0.603. The largest absolute Gasteiger partial charge is 0.326 e. The van der Waals surface area contributed by atoms with Crippen LogP contribution in [0.25, 0.3) is 0 Å². The summed E-state index contributed by atoms with van der Waals surface area (Å²) in [6.45, 7) is 12.3. The minimum Gasteiger partial charge on any atom is -0.325 e. The second-order valence-corrected chi connectivity index (χ2v) is 3.78. The first kappa shape index (κ1) is 15.9. The molecule has 0 atom stereocenters. The number of imide groups is 1. The topological polar surface area (TPSA) is 43.9 Å². The van der Waals surface area contributed by atoms with Gasteiger partial charge in [0.15, 0.2) is 0 Å². The van der Waals surface area contributed by atoms with Crippen molar-refractivity contribution in [2.24, 2.45) is 0 Å². The van der Waals surface area contributed by atoms with Crippen LogP contribution in [0.3, 0.4) is 0 Å². The van der Waals surface area contributed by atoms with E-state index in [0.29, 0.717) is 26.0 Å². The van der Waals surface area contributed by atoms with E-state index in [2.05, 4.69) is 18.7 Å². The van der Waals surface area contributed by atoms with Gasteiger partial charge >= 0.3 is 6.03 Å². The molecule has 3 amide bonds. The third kappa shape index (κ3) is 5.17. The molecule has 0 fully saturated rings. The molecule has 0 spiro atoms. The highest BCUT2D eigenvalue weighted by Gasteiger charge is 2.18. The molecule has 0 aliphatic rings. The molecule has 0 saturated carbocycles. The Kier molecular flexibility index (Phi) is 8.40. The number of hydrogen-bond donors (Lipinski definition) is 0. The predicted octanol–water partition coefficient (Wildman–Crippen LogP) is 1.25. The molecular weight excluding hydrogens is 218 g/mol. The summed E-state index contributed by atoms with van der Waals surface area (Å²) in [5.41, 5.74) is 0. The number of rotatable bonds is 8. The van der Waals surface area contributed by atoms with Gasteiger partial charge in [-0.05, 0) is 26.9 Å². The van der Waals surface area contributed by atoms with E-state index in [1.54, 1.807) is 4.90 Å². The molecule has 0 heterocycles. The Balaban J connectivity index is 4.32. The van der Waals surface area contributed by atoms with Crippen LogP contribution in [0.1, 0.15) is 27.7 Å². The normalized spacial score (nSPS) is 10.4. The fourth-order valence-electron chi connectivity index (χ4n) is 1.66. The van der Waals surface area contributed by atoms with E-state index in [9.17, 15) is 9.59 Å². The molecule has 0 aromatic rings. The zero-order valence-electron chi connectivity index (χ0n) is 11.5.